The standard InChI is InChI=1S/C15H16N2O3/c1-15(6-2-3-7-15)14(18)12-9-16-13-5-4-10(17(19)20)8-11(12)13/h4-5,8-9,16H,2-3,6-7H2,1H3. The summed E-state index contributed by atoms with van der Waals surface area (Å²) >= 11 is 0. The lowest BCUT2D eigenvalue weighted by molar-refractivity contribution is -0.384. The van der Waals surface area contributed by atoms with Gasteiger partial charge in [0, 0.05) is 40.2 Å². The summed E-state index contributed by atoms with van der Waals surface area (Å²) < 4.78 is 0. The third kappa shape index (κ3) is 1.90. The number of hydrogen-bond acceptors (Lipinski definition) is 3. The maximum atomic E-state index is 12.7. The molecule has 1 aliphatic rings. The first-order valence-corrected chi connectivity index (χ1v) is 6.82. The van der Waals surface area contributed by atoms with Crippen LogP contribution in [0.25, 0.3) is 10.9 Å². The zero-order valence-corrected chi connectivity index (χ0v) is 11.3. The first-order chi connectivity index (χ1) is 9.51. The van der Waals surface area contributed by atoms with Gasteiger partial charge >= 0.3 is 0 Å². The van der Waals surface area contributed by atoms with Crippen molar-refractivity contribution in [2.75, 3.05) is 0 Å². The lowest BCUT2D eigenvalue weighted by atomic mass is 9.81. The topological polar surface area (TPSA) is 76.0 Å². The summed E-state index contributed by atoms with van der Waals surface area (Å²) in [6, 6.07) is 4.59. The molecule has 1 N–H and O–H groups in total. The molecule has 0 unspecified atom stereocenters. The molecule has 0 radical (unpaired) electrons. The molecule has 20 heavy (non-hydrogen) atoms. The van der Waals surface area contributed by atoms with Crippen molar-refractivity contribution in [3.63, 3.8) is 0 Å². The molecule has 0 atom stereocenters. The lowest BCUT2D eigenvalue weighted by Gasteiger charge is -2.21. The quantitative estimate of drug-likeness (QED) is 0.524. The maximum Gasteiger partial charge on any atom is 0.270 e. The molecule has 5 heteroatoms. The summed E-state index contributed by atoms with van der Waals surface area (Å²) in [5, 5.41) is 11.5. The van der Waals surface area contributed by atoms with E-state index in [-0.39, 0.29) is 16.9 Å². The third-order valence-corrected chi connectivity index (χ3v) is 4.38. The monoisotopic (exact) mass is 272 g/mol. The average molecular weight is 272 g/mol. The Bertz CT molecular complexity index is 696. The predicted octanol–water partition coefficient (Wildman–Crippen LogP) is 3.84. The van der Waals surface area contributed by atoms with Gasteiger partial charge in [0.05, 0.1) is 4.92 Å². The van der Waals surface area contributed by atoms with Gasteiger partial charge in [0.25, 0.3) is 5.69 Å². The van der Waals surface area contributed by atoms with Crippen LogP contribution in [-0.2, 0) is 0 Å². The van der Waals surface area contributed by atoms with E-state index in [4.69, 9.17) is 0 Å². The number of aromatic nitrogens is 1. The zero-order valence-electron chi connectivity index (χ0n) is 11.3. The number of nitro benzene ring substituents is 1. The summed E-state index contributed by atoms with van der Waals surface area (Å²) in [6.07, 6.45) is 5.62. The van der Waals surface area contributed by atoms with Crippen LogP contribution < -0.4 is 0 Å². The molecule has 0 spiro atoms. The van der Waals surface area contributed by atoms with Crippen molar-refractivity contribution in [1.82, 2.24) is 4.98 Å². The first-order valence-electron chi connectivity index (χ1n) is 6.82. The second-order valence-electron chi connectivity index (χ2n) is 5.79. The number of nitrogens with zero attached hydrogens (tertiary/aromatic N) is 1. The zero-order chi connectivity index (χ0) is 14.3. The third-order valence-electron chi connectivity index (χ3n) is 4.38. The smallest absolute Gasteiger partial charge is 0.270 e. The van der Waals surface area contributed by atoms with Crippen molar-refractivity contribution in [1.29, 1.82) is 0 Å². The normalized spacial score (nSPS) is 17.4. The van der Waals surface area contributed by atoms with Crippen LogP contribution >= 0.6 is 0 Å². The number of carbonyl (C=O) groups excluding carboxylic acids is 1. The van der Waals surface area contributed by atoms with E-state index in [1.54, 1.807) is 12.3 Å². The van der Waals surface area contributed by atoms with E-state index < -0.39 is 4.92 Å². The van der Waals surface area contributed by atoms with Gasteiger partial charge in [0.15, 0.2) is 5.78 Å². The molecule has 0 bridgehead atoms. The van der Waals surface area contributed by atoms with Crippen LogP contribution in [0.1, 0.15) is 43.0 Å². The van der Waals surface area contributed by atoms with Gasteiger partial charge in [-0.2, -0.15) is 0 Å². The molecule has 0 saturated heterocycles. The van der Waals surface area contributed by atoms with Crippen LogP contribution in [0.3, 0.4) is 0 Å². The Morgan fingerprint density at radius 1 is 1.35 bits per heavy atom. The second-order valence-corrected chi connectivity index (χ2v) is 5.79. The van der Waals surface area contributed by atoms with Gasteiger partial charge in [0.1, 0.15) is 0 Å². The molecule has 1 fully saturated rings. The van der Waals surface area contributed by atoms with Gasteiger partial charge < -0.3 is 4.98 Å². The largest absolute Gasteiger partial charge is 0.360 e. The minimum atomic E-state index is -0.433. The molecule has 1 aromatic carbocycles. The van der Waals surface area contributed by atoms with E-state index in [0.29, 0.717) is 10.9 Å². The van der Waals surface area contributed by atoms with Gasteiger partial charge in [-0.15, -0.1) is 0 Å². The molecule has 1 aliphatic carbocycles. The number of benzene rings is 1. The molecule has 3 rings (SSSR count). The summed E-state index contributed by atoms with van der Waals surface area (Å²) in [4.78, 5) is 26.2. The fraction of sp³-hybridized carbons (Fsp3) is 0.400. The summed E-state index contributed by atoms with van der Waals surface area (Å²) in [7, 11) is 0. The SMILES string of the molecule is CC1(C(=O)c2c[nH]c3ccc([N+](=O)[O-])cc23)CCCC1. The lowest BCUT2D eigenvalue weighted by Crippen LogP contribution is -2.24. The summed E-state index contributed by atoms with van der Waals surface area (Å²) in [5.41, 5.74) is 1.04. The van der Waals surface area contributed by atoms with E-state index in [0.717, 1.165) is 31.2 Å². The molecule has 2 aromatic rings. The highest BCUT2D eigenvalue weighted by Crippen LogP contribution is 2.41. The van der Waals surface area contributed by atoms with Crippen molar-refractivity contribution in [2.24, 2.45) is 5.41 Å². The minimum Gasteiger partial charge on any atom is -0.360 e. The fourth-order valence-corrected chi connectivity index (χ4v) is 3.12. The van der Waals surface area contributed by atoms with Gasteiger partial charge in [-0.1, -0.05) is 19.8 Å². The molecule has 0 amide bonds. The molecule has 0 aliphatic heterocycles. The van der Waals surface area contributed by atoms with Crippen molar-refractivity contribution in [2.45, 2.75) is 32.6 Å². The van der Waals surface area contributed by atoms with Crippen LogP contribution in [0.5, 0.6) is 0 Å². The number of Topliss-reactive ketones (excluding diaryl/α,β-unsaturated/α-hetero) is 1. The number of non-ortho nitro benzene ring substituents is 1. The van der Waals surface area contributed by atoms with Crippen LogP contribution in [0.15, 0.2) is 24.4 Å². The predicted molar refractivity (Wildman–Crippen MR) is 75.9 cm³/mol. The van der Waals surface area contributed by atoms with Gasteiger partial charge in [-0.25, -0.2) is 0 Å². The van der Waals surface area contributed by atoms with Crippen LogP contribution in [0.2, 0.25) is 0 Å². The first kappa shape index (κ1) is 12.8. The van der Waals surface area contributed by atoms with Gasteiger partial charge in [0.2, 0.25) is 0 Å². The number of nitrogens with one attached hydrogen (secondary N) is 1. The number of nitro groups is 1. The number of fused-ring (bicyclic) bond motifs is 1. The Hall–Kier alpha value is -2.17. The number of rotatable bonds is 3. The van der Waals surface area contributed by atoms with E-state index in [1.807, 2.05) is 6.92 Å². The molecular weight excluding hydrogens is 256 g/mol. The number of ketones is 1. The number of H-pyrrole nitrogens is 1. The van der Waals surface area contributed by atoms with E-state index >= 15 is 0 Å². The Labute approximate surface area is 116 Å². The molecule has 1 heterocycles. The Morgan fingerprint density at radius 3 is 2.70 bits per heavy atom. The van der Waals surface area contributed by atoms with Crippen LogP contribution in [-0.4, -0.2) is 15.7 Å². The fourth-order valence-electron chi connectivity index (χ4n) is 3.12. The Kier molecular flexibility index (Phi) is 2.85. The average Bonchev–Trinajstić information content (AvgIpc) is 3.04. The number of hydrogen-bond donors (Lipinski definition) is 1. The summed E-state index contributed by atoms with van der Waals surface area (Å²) in [6.45, 7) is 2.00. The Morgan fingerprint density at radius 2 is 2.05 bits per heavy atom. The van der Waals surface area contributed by atoms with Crippen molar-refractivity contribution >= 4 is 22.4 Å². The minimum absolute atomic E-state index is 0.0164. The van der Waals surface area contributed by atoms with Crippen molar-refractivity contribution in [3.8, 4) is 0 Å². The maximum absolute atomic E-state index is 12.7. The van der Waals surface area contributed by atoms with Crippen LogP contribution in [0, 0.1) is 15.5 Å². The van der Waals surface area contributed by atoms with Crippen LogP contribution in [0.4, 0.5) is 5.69 Å². The van der Waals surface area contributed by atoms with Gasteiger partial charge in [-0.05, 0) is 18.9 Å². The second kappa shape index (κ2) is 4.44. The highest BCUT2D eigenvalue weighted by Gasteiger charge is 2.37. The molecule has 1 saturated carbocycles. The summed E-state index contributed by atoms with van der Waals surface area (Å²) in [5.74, 6) is 0.0988. The van der Waals surface area contributed by atoms with Crippen molar-refractivity contribution in [3.05, 3.63) is 40.1 Å². The van der Waals surface area contributed by atoms with E-state index in [1.165, 1.54) is 12.1 Å². The molecule has 5 nitrogen and oxygen atoms in total. The number of aromatic amines is 1. The van der Waals surface area contributed by atoms with Gasteiger partial charge in [-0.3, -0.25) is 14.9 Å². The number of carbonyl (C=O) groups is 1. The molecular formula is C15H16N2O3. The van der Waals surface area contributed by atoms with E-state index in [2.05, 4.69) is 4.98 Å². The molecule has 1 aromatic heterocycles. The Balaban J connectivity index is 2.09. The van der Waals surface area contributed by atoms with E-state index in [9.17, 15) is 14.9 Å². The molecule has 104 valence electrons. The highest BCUT2D eigenvalue weighted by molar-refractivity contribution is 6.10. The van der Waals surface area contributed by atoms with Crippen molar-refractivity contribution < 1.29 is 9.72 Å². The highest BCUT2D eigenvalue weighted by atomic mass is 16.6.